The molecule has 0 aromatic heterocycles. The van der Waals surface area contributed by atoms with Crippen LogP contribution in [-0.2, 0) is 22.6 Å². The molecule has 3 aromatic carbocycles. The van der Waals surface area contributed by atoms with Crippen molar-refractivity contribution in [1.82, 2.24) is 9.80 Å². The van der Waals surface area contributed by atoms with Crippen LogP contribution in [0.2, 0.25) is 0 Å². The molecule has 5 nitrogen and oxygen atoms in total. The molecule has 0 bridgehead atoms. The molecule has 0 spiro atoms. The average Bonchev–Trinajstić information content (AvgIpc) is 3.08. The standard InChI is InChI=1S/C31H38N2O3/c1-24(36-29(34)33-30(2,3)23-35-31(33,4)5)28(27-19-13-8-14-20-27)32(21-25-15-9-6-10-16-25)22-26-17-11-7-12-18-26/h6-20,24,28H,21-23H2,1-5H3/t24-,28-/m0/s1. The lowest BCUT2D eigenvalue weighted by molar-refractivity contribution is -0.0654. The minimum Gasteiger partial charge on any atom is -0.444 e. The number of ether oxygens (including phenoxy) is 2. The number of benzene rings is 3. The van der Waals surface area contributed by atoms with E-state index in [2.05, 4.69) is 65.6 Å². The van der Waals surface area contributed by atoms with E-state index in [9.17, 15) is 4.79 Å². The first-order chi connectivity index (χ1) is 17.2. The SMILES string of the molecule is C[C@H](OC(=O)N1C(C)(C)COC1(C)C)[C@@H](c1ccccc1)N(Cc1ccccc1)Cc1ccccc1. The van der Waals surface area contributed by atoms with Crippen molar-refractivity contribution in [2.75, 3.05) is 6.61 Å². The van der Waals surface area contributed by atoms with Gasteiger partial charge in [0.15, 0.2) is 0 Å². The Kier molecular flexibility index (Phi) is 7.82. The van der Waals surface area contributed by atoms with Crippen LogP contribution in [-0.4, -0.2) is 39.9 Å². The highest BCUT2D eigenvalue weighted by Crippen LogP contribution is 2.37. The van der Waals surface area contributed by atoms with Gasteiger partial charge in [-0.05, 0) is 51.3 Å². The van der Waals surface area contributed by atoms with Crippen LogP contribution in [0.5, 0.6) is 0 Å². The summed E-state index contributed by atoms with van der Waals surface area (Å²) >= 11 is 0. The van der Waals surface area contributed by atoms with E-state index in [1.807, 2.05) is 65.0 Å². The molecular weight excluding hydrogens is 448 g/mol. The van der Waals surface area contributed by atoms with Crippen LogP contribution in [0, 0.1) is 0 Å². The van der Waals surface area contributed by atoms with E-state index in [0.717, 1.165) is 18.7 Å². The van der Waals surface area contributed by atoms with Gasteiger partial charge in [0, 0.05) is 13.1 Å². The summed E-state index contributed by atoms with van der Waals surface area (Å²) in [5.41, 5.74) is 2.36. The second-order valence-corrected chi connectivity index (χ2v) is 10.7. The highest BCUT2D eigenvalue weighted by Gasteiger charge is 2.50. The van der Waals surface area contributed by atoms with Gasteiger partial charge in [0.25, 0.3) is 0 Å². The van der Waals surface area contributed by atoms with Crippen molar-refractivity contribution in [1.29, 1.82) is 0 Å². The molecule has 4 rings (SSSR count). The van der Waals surface area contributed by atoms with Gasteiger partial charge in [-0.25, -0.2) is 4.79 Å². The molecule has 1 amide bonds. The highest BCUT2D eigenvalue weighted by molar-refractivity contribution is 5.70. The Hall–Kier alpha value is -3.15. The van der Waals surface area contributed by atoms with Crippen molar-refractivity contribution in [3.8, 4) is 0 Å². The van der Waals surface area contributed by atoms with Gasteiger partial charge in [0.05, 0.1) is 18.2 Å². The molecule has 0 unspecified atom stereocenters. The Morgan fingerprint density at radius 1 is 0.861 bits per heavy atom. The minimum atomic E-state index is -0.726. The zero-order valence-corrected chi connectivity index (χ0v) is 22.1. The molecular formula is C31H38N2O3. The predicted molar refractivity (Wildman–Crippen MR) is 143 cm³/mol. The summed E-state index contributed by atoms with van der Waals surface area (Å²) in [6.45, 7) is 11.8. The van der Waals surface area contributed by atoms with E-state index in [1.165, 1.54) is 11.1 Å². The molecule has 2 atom stereocenters. The first kappa shape index (κ1) is 25.9. The number of nitrogens with zero attached hydrogens (tertiary/aromatic N) is 2. The van der Waals surface area contributed by atoms with Crippen molar-refractivity contribution in [3.05, 3.63) is 108 Å². The Balaban J connectivity index is 1.67. The quantitative estimate of drug-likeness (QED) is 0.351. The maximum atomic E-state index is 13.6. The van der Waals surface area contributed by atoms with E-state index >= 15 is 0 Å². The fraction of sp³-hybridized carbons (Fsp3) is 0.387. The monoisotopic (exact) mass is 486 g/mol. The smallest absolute Gasteiger partial charge is 0.412 e. The van der Waals surface area contributed by atoms with Gasteiger partial charge in [-0.1, -0.05) is 91.0 Å². The Morgan fingerprint density at radius 2 is 1.33 bits per heavy atom. The second kappa shape index (κ2) is 10.9. The third-order valence-electron chi connectivity index (χ3n) is 6.83. The second-order valence-electron chi connectivity index (χ2n) is 10.7. The van der Waals surface area contributed by atoms with E-state index in [-0.39, 0.29) is 12.1 Å². The van der Waals surface area contributed by atoms with Crippen LogP contribution >= 0.6 is 0 Å². The molecule has 3 aromatic rings. The molecule has 1 fully saturated rings. The third-order valence-corrected chi connectivity index (χ3v) is 6.83. The van der Waals surface area contributed by atoms with Gasteiger partial charge >= 0.3 is 6.09 Å². The van der Waals surface area contributed by atoms with Gasteiger partial charge in [-0.15, -0.1) is 0 Å². The number of carbonyl (C=O) groups is 1. The highest BCUT2D eigenvalue weighted by atomic mass is 16.6. The van der Waals surface area contributed by atoms with Crippen LogP contribution in [0.15, 0.2) is 91.0 Å². The molecule has 190 valence electrons. The molecule has 0 N–H and O–H groups in total. The van der Waals surface area contributed by atoms with E-state index in [0.29, 0.717) is 6.61 Å². The minimum absolute atomic E-state index is 0.148. The lowest BCUT2D eigenvalue weighted by atomic mass is 9.98. The summed E-state index contributed by atoms with van der Waals surface area (Å²) in [5, 5.41) is 0. The Bertz CT molecular complexity index is 1060. The van der Waals surface area contributed by atoms with Crippen molar-refractivity contribution < 1.29 is 14.3 Å². The Morgan fingerprint density at radius 3 is 1.78 bits per heavy atom. The predicted octanol–water partition coefficient (Wildman–Crippen LogP) is 6.80. The molecule has 0 aliphatic carbocycles. The summed E-state index contributed by atoms with van der Waals surface area (Å²) < 4.78 is 12.2. The maximum absolute atomic E-state index is 13.6. The van der Waals surface area contributed by atoms with Gasteiger partial charge < -0.3 is 9.47 Å². The first-order valence-electron chi connectivity index (χ1n) is 12.7. The van der Waals surface area contributed by atoms with Gasteiger partial charge in [0.1, 0.15) is 11.8 Å². The fourth-order valence-electron chi connectivity index (χ4n) is 5.27. The van der Waals surface area contributed by atoms with Gasteiger partial charge in [-0.3, -0.25) is 9.80 Å². The van der Waals surface area contributed by atoms with Crippen molar-refractivity contribution in [2.24, 2.45) is 0 Å². The molecule has 0 radical (unpaired) electrons. The summed E-state index contributed by atoms with van der Waals surface area (Å²) in [5.74, 6) is 0. The zero-order chi connectivity index (χ0) is 25.8. The topological polar surface area (TPSA) is 42.0 Å². The fourth-order valence-corrected chi connectivity index (χ4v) is 5.27. The van der Waals surface area contributed by atoms with Crippen LogP contribution in [0.4, 0.5) is 4.79 Å². The molecule has 1 heterocycles. The van der Waals surface area contributed by atoms with Crippen LogP contribution in [0.25, 0.3) is 0 Å². The summed E-state index contributed by atoms with van der Waals surface area (Å²) in [6.07, 6.45) is -0.755. The number of hydrogen-bond acceptors (Lipinski definition) is 4. The van der Waals surface area contributed by atoms with Gasteiger partial charge in [0.2, 0.25) is 0 Å². The molecule has 0 saturated carbocycles. The van der Waals surface area contributed by atoms with Gasteiger partial charge in [-0.2, -0.15) is 0 Å². The van der Waals surface area contributed by atoms with Crippen molar-refractivity contribution in [3.63, 3.8) is 0 Å². The van der Waals surface area contributed by atoms with Crippen molar-refractivity contribution >= 4 is 6.09 Å². The van der Waals surface area contributed by atoms with E-state index < -0.39 is 17.4 Å². The molecule has 1 aliphatic heterocycles. The first-order valence-corrected chi connectivity index (χ1v) is 12.7. The number of rotatable bonds is 8. The third kappa shape index (κ3) is 5.97. The average molecular weight is 487 g/mol. The zero-order valence-electron chi connectivity index (χ0n) is 22.1. The number of amides is 1. The van der Waals surface area contributed by atoms with E-state index in [4.69, 9.17) is 9.47 Å². The lowest BCUT2D eigenvalue weighted by Gasteiger charge is -2.40. The summed E-state index contributed by atoms with van der Waals surface area (Å²) in [4.78, 5) is 17.7. The van der Waals surface area contributed by atoms with Crippen LogP contribution < -0.4 is 0 Å². The number of carbonyl (C=O) groups excluding carboxylic acids is 1. The molecule has 36 heavy (non-hydrogen) atoms. The molecule has 1 saturated heterocycles. The van der Waals surface area contributed by atoms with Crippen LogP contribution in [0.3, 0.4) is 0 Å². The van der Waals surface area contributed by atoms with Crippen LogP contribution in [0.1, 0.15) is 57.4 Å². The lowest BCUT2D eigenvalue weighted by Crippen LogP contribution is -2.54. The van der Waals surface area contributed by atoms with E-state index in [1.54, 1.807) is 4.90 Å². The normalized spacial score (nSPS) is 18.1. The number of hydrogen-bond donors (Lipinski definition) is 0. The maximum Gasteiger partial charge on any atom is 0.412 e. The Labute approximate surface area is 215 Å². The van der Waals surface area contributed by atoms with Crippen molar-refractivity contribution in [2.45, 2.75) is 71.1 Å². The summed E-state index contributed by atoms with van der Waals surface area (Å²) in [6, 6.07) is 31.1. The largest absolute Gasteiger partial charge is 0.444 e. The molecule has 5 heteroatoms. The molecule has 1 aliphatic rings. The summed E-state index contributed by atoms with van der Waals surface area (Å²) in [7, 11) is 0.